The maximum absolute atomic E-state index is 14.6. The van der Waals surface area contributed by atoms with E-state index in [0.717, 1.165) is 5.56 Å². The van der Waals surface area contributed by atoms with Gasteiger partial charge in [0.1, 0.15) is 0 Å². The molecule has 1 aromatic rings. The number of rotatable bonds is 2. The van der Waals surface area contributed by atoms with Gasteiger partial charge in [-0.15, -0.1) is 0 Å². The minimum Gasteiger partial charge on any atom is -0.479 e. The second-order valence-electron chi connectivity index (χ2n) is 5.03. The molecule has 0 aliphatic heterocycles. The van der Waals surface area contributed by atoms with E-state index < -0.39 is 17.1 Å². The summed E-state index contributed by atoms with van der Waals surface area (Å²) in [5.74, 6) is -1.04. The fourth-order valence-electron chi connectivity index (χ4n) is 3.50. The van der Waals surface area contributed by atoms with Gasteiger partial charge in [0.25, 0.3) is 0 Å². The Morgan fingerprint density at radius 2 is 1.88 bits per heavy atom. The Morgan fingerprint density at radius 1 is 1.25 bits per heavy atom. The van der Waals surface area contributed by atoms with Crippen molar-refractivity contribution in [3.63, 3.8) is 0 Å². The summed E-state index contributed by atoms with van der Waals surface area (Å²) < 4.78 is 14.6. The van der Waals surface area contributed by atoms with Gasteiger partial charge in [-0.25, -0.2) is 9.18 Å². The van der Waals surface area contributed by atoms with Crippen LogP contribution in [0, 0.1) is 5.92 Å². The lowest BCUT2D eigenvalue weighted by Crippen LogP contribution is -2.50. The molecule has 1 N–H and O–H groups in total. The second kappa shape index (κ2) is 2.84. The number of aliphatic carboxylic acids is 1. The first-order valence-corrected chi connectivity index (χ1v) is 5.56. The summed E-state index contributed by atoms with van der Waals surface area (Å²) in [6.07, 6.45) is 1.54. The lowest BCUT2D eigenvalue weighted by Gasteiger charge is -2.42. The molecule has 84 valence electrons. The third kappa shape index (κ3) is 0.938. The standard InChI is InChI=1S/C13H13FO2/c14-13(11(15)16)8-9-6-12(13,7-9)10-4-2-1-3-5-10/h1-5,9H,6-8H2,(H,15,16). The quantitative estimate of drug-likeness (QED) is 0.831. The zero-order chi connectivity index (χ0) is 11.4. The van der Waals surface area contributed by atoms with E-state index in [1.54, 1.807) is 0 Å². The molecule has 1 aromatic carbocycles. The summed E-state index contributed by atoms with van der Waals surface area (Å²) in [5.41, 5.74) is -1.97. The SMILES string of the molecule is O=C(O)C1(F)CC2CC1(c1ccccc1)C2. The van der Waals surface area contributed by atoms with Crippen LogP contribution in [0.15, 0.2) is 30.3 Å². The van der Waals surface area contributed by atoms with Gasteiger partial charge < -0.3 is 5.11 Å². The van der Waals surface area contributed by atoms with Crippen molar-refractivity contribution in [2.24, 2.45) is 5.92 Å². The highest BCUT2D eigenvalue weighted by Crippen LogP contribution is 2.66. The highest BCUT2D eigenvalue weighted by molar-refractivity contribution is 5.82. The second-order valence-corrected chi connectivity index (χ2v) is 5.03. The Morgan fingerprint density at radius 3 is 2.44 bits per heavy atom. The molecule has 0 aromatic heterocycles. The van der Waals surface area contributed by atoms with E-state index in [1.807, 2.05) is 30.3 Å². The lowest BCUT2D eigenvalue weighted by atomic mass is 9.61. The van der Waals surface area contributed by atoms with Crippen LogP contribution in [0.2, 0.25) is 0 Å². The van der Waals surface area contributed by atoms with E-state index in [-0.39, 0.29) is 12.3 Å². The maximum Gasteiger partial charge on any atom is 0.342 e. The number of hydrogen-bond donors (Lipinski definition) is 1. The van der Waals surface area contributed by atoms with Crippen LogP contribution < -0.4 is 0 Å². The van der Waals surface area contributed by atoms with Crippen molar-refractivity contribution in [3.8, 4) is 0 Å². The molecule has 0 amide bonds. The van der Waals surface area contributed by atoms with Crippen molar-refractivity contribution in [2.75, 3.05) is 0 Å². The first kappa shape index (κ1) is 9.82. The average molecular weight is 220 g/mol. The number of carbonyl (C=O) groups is 1. The molecule has 0 radical (unpaired) electrons. The number of alkyl halides is 1. The number of carboxylic acids is 1. The van der Waals surface area contributed by atoms with Gasteiger partial charge in [-0.05, 0) is 30.7 Å². The normalized spacial score (nSPS) is 40.4. The molecular weight excluding hydrogens is 207 g/mol. The van der Waals surface area contributed by atoms with E-state index in [9.17, 15) is 9.18 Å². The summed E-state index contributed by atoms with van der Waals surface area (Å²) in [7, 11) is 0. The number of hydrogen-bond acceptors (Lipinski definition) is 1. The van der Waals surface area contributed by atoms with Gasteiger partial charge in [0.2, 0.25) is 5.67 Å². The predicted molar refractivity (Wildman–Crippen MR) is 56.9 cm³/mol. The van der Waals surface area contributed by atoms with Gasteiger partial charge >= 0.3 is 5.97 Å². The van der Waals surface area contributed by atoms with Crippen molar-refractivity contribution in [1.82, 2.24) is 0 Å². The van der Waals surface area contributed by atoms with Crippen molar-refractivity contribution >= 4 is 5.97 Å². The molecule has 16 heavy (non-hydrogen) atoms. The summed E-state index contributed by atoms with van der Waals surface area (Å²) in [6, 6.07) is 9.25. The van der Waals surface area contributed by atoms with Gasteiger partial charge in [0.15, 0.2) is 0 Å². The monoisotopic (exact) mass is 220 g/mol. The topological polar surface area (TPSA) is 37.3 Å². The van der Waals surface area contributed by atoms with Crippen LogP contribution in [0.3, 0.4) is 0 Å². The van der Waals surface area contributed by atoms with Crippen LogP contribution in [0.5, 0.6) is 0 Å². The molecule has 3 fully saturated rings. The zero-order valence-corrected chi connectivity index (χ0v) is 8.82. The van der Waals surface area contributed by atoms with Crippen molar-refractivity contribution < 1.29 is 14.3 Å². The summed E-state index contributed by atoms with van der Waals surface area (Å²) in [5, 5.41) is 9.12. The molecule has 2 bridgehead atoms. The average Bonchev–Trinajstić information content (AvgIpc) is 2.68. The minimum absolute atomic E-state index is 0.178. The first-order chi connectivity index (χ1) is 7.58. The van der Waals surface area contributed by atoms with Crippen LogP contribution in [0.4, 0.5) is 4.39 Å². The molecule has 4 rings (SSSR count). The molecule has 3 aliphatic rings. The third-order valence-corrected chi connectivity index (χ3v) is 4.27. The maximum atomic E-state index is 14.6. The number of benzene rings is 1. The summed E-state index contributed by atoms with van der Waals surface area (Å²) in [4.78, 5) is 11.2. The Balaban J connectivity index is 2.10. The Hall–Kier alpha value is -1.38. The van der Waals surface area contributed by atoms with Crippen molar-refractivity contribution in [2.45, 2.75) is 30.3 Å². The molecule has 3 heteroatoms. The van der Waals surface area contributed by atoms with Crippen molar-refractivity contribution in [1.29, 1.82) is 0 Å². The molecule has 0 saturated heterocycles. The van der Waals surface area contributed by atoms with E-state index in [1.165, 1.54) is 0 Å². The first-order valence-electron chi connectivity index (χ1n) is 5.56. The Bertz CT molecular complexity index is 437. The fraction of sp³-hybridized carbons (Fsp3) is 0.462. The molecule has 3 aliphatic carbocycles. The zero-order valence-electron chi connectivity index (χ0n) is 8.82. The lowest BCUT2D eigenvalue weighted by molar-refractivity contribution is -0.154. The summed E-state index contributed by atoms with van der Waals surface area (Å²) in [6.45, 7) is 0. The van der Waals surface area contributed by atoms with Crippen molar-refractivity contribution in [3.05, 3.63) is 35.9 Å². The Labute approximate surface area is 93.1 Å². The van der Waals surface area contributed by atoms with Crippen LogP contribution in [0.1, 0.15) is 24.8 Å². The number of halogens is 1. The van der Waals surface area contributed by atoms with Crippen LogP contribution >= 0.6 is 0 Å². The molecule has 0 heterocycles. The minimum atomic E-state index is -2.06. The largest absolute Gasteiger partial charge is 0.479 e. The third-order valence-electron chi connectivity index (χ3n) is 4.27. The predicted octanol–water partition coefficient (Wildman–Crippen LogP) is 2.53. The smallest absolute Gasteiger partial charge is 0.342 e. The highest BCUT2D eigenvalue weighted by Gasteiger charge is 2.71. The number of fused-ring (bicyclic) bond motifs is 1. The van der Waals surface area contributed by atoms with Crippen LogP contribution in [-0.2, 0) is 10.2 Å². The van der Waals surface area contributed by atoms with Gasteiger partial charge in [-0.1, -0.05) is 30.3 Å². The summed E-state index contributed by atoms with van der Waals surface area (Å²) >= 11 is 0. The fourth-order valence-corrected chi connectivity index (χ4v) is 3.50. The van der Waals surface area contributed by atoms with Gasteiger partial charge in [0.05, 0.1) is 0 Å². The van der Waals surface area contributed by atoms with E-state index in [4.69, 9.17) is 5.11 Å². The van der Waals surface area contributed by atoms with Gasteiger partial charge in [-0.2, -0.15) is 0 Å². The highest BCUT2D eigenvalue weighted by atomic mass is 19.1. The molecular formula is C13H13FO2. The molecule has 0 spiro atoms. The molecule has 3 saturated carbocycles. The van der Waals surface area contributed by atoms with E-state index >= 15 is 0 Å². The molecule has 1 unspecified atom stereocenters. The molecule has 2 nitrogen and oxygen atoms in total. The number of carboxylic acid groups (broad SMARTS) is 1. The Kier molecular flexibility index (Phi) is 1.74. The van der Waals surface area contributed by atoms with E-state index in [0.29, 0.717) is 12.8 Å². The van der Waals surface area contributed by atoms with Gasteiger partial charge in [0, 0.05) is 5.41 Å². The van der Waals surface area contributed by atoms with Crippen LogP contribution in [-0.4, -0.2) is 16.7 Å². The molecule has 1 atom stereocenters. The van der Waals surface area contributed by atoms with Crippen LogP contribution in [0.25, 0.3) is 0 Å². The van der Waals surface area contributed by atoms with E-state index in [2.05, 4.69) is 0 Å². The van der Waals surface area contributed by atoms with Gasteiger partial charge in [-0.3, -0.25) is 0 Å².